The quantitative estimate of drug-likeness (QED) is 0.324. The number of hydrazone groups is 1. The molecule has 0 saturated carbocycles. The van der Waals surface area contributed by atoms with Crippen LogP contribution in [0.1, 0.15) is 23.7 Å². The van der Waals surface area contributed by atoms with E-state index in [9.17, 15) is 25.0 Å². The van der Waals surface area contributed by atoms with Gasteiger partial charge in [0.25, 0.3) is 5.69 Å². The number of nitrogens with zero attached hydrogens (tertiary/aromatic N) is 3. The lowest BCUT2D eigenvalue weighted by molar-refractivity contribution is -0.393. The number of nitro groups is 2. The van der Waals surface area contributed by atoms with E-state index < -0.39 is 33.3 Å². The summed E-state index contributed by atoms with van der Waals surface area (Å²) in [5.41, 5.74) is 1.93. The minimum absolute atomic E-state index is 0.0221. The number of non-ortho nitro benzene ring substituents is 1. The molecule has 0 bridgehead atoms. The third-order valence-electron chi connectivity index (χ3n) is 3.48. The van der Waals surface area contributed by atoms with Gasteiger partial charge in [0.1, 0.15) is 11.8 Å². The Labute approximate surface area is 153 Å². The lowest BCUT2D eigenvalue weighted by Crippen LogP contribution is -2.19. The Bertz CT molecular complexity index is 869. The predicted molar refractivity (Wildman–Crippen MR) is 97.8 cm³/mol. The van der Waals surface area contributed by atoms with Crippen LogP contribution < -0.4 is 5.43 Å². The van der Waals surface area contributed by atoms with Crippen LogP contribution in [0, 0.1) is 20.2 Å². The van der Waals surface area contributed by atoms with E-state index in [4.69, 9.17) is 4.74 Å². The molecule has 0 aliphatic carbocycles. The van der Waals surface area contributed by atoms with Crippen molar-refractivity contribution in [3.63, 3.8) is 0 Å². The molecule has 27 heavy (non-hydrogen) atoms. The standard InChI is InChI=1S/C17H16N4O6/c1-2-14(27-17(22)12-6-4-3-5-7-12)11-18-19-15-9-8-13(20(23)24)10-16(15)21(25)26/h3-11,14,19H,2H2,1H3. The second-order valence-electron chi connectivity index (χ2n) is 5.32. The van der Waals surface area contributed by atoms with E-state index in [1.54, 1.807) is 37.3 Å². The van der Waals surface area contributed by atoms with Gasteiger partial charge in [-0.05, 0) is 24.6 Å². The van der Waals surface area contributed by atoms with Crippen molar-refractivity contribution >= 4 is 29.2 Å². The molecule has 2 aromatic rings. The molecule has 0 aromatic heterocycles. The number of anilines is 1. The molecule has 0 radical (unpaired) electrons. The van der Waals surface area contributed by atoms with Gasteiger partial charge in [0.05, 0.1) is 27.7 Å². The topological polar surface area (TPSA) is 137 Å². The highest BCUT2D eigenvalue weighted by molar-refractivity contribution is 5.90. The van der Waals surface area contributed by atoms with Gasteiger partial charge in [-0.2, -0.15) is 5.10 Å². The van der Waals surface area contributed by atoms with E-state index in [0.717, 1.165) is 12.1 Å². The Morgan fingerprint density at radius 3 is 2.48 bits per heavy atom. The highest BCUT2D eigenvalue weighted by Crippen LogP contribution is 2.28. The highest BCUT2D eigenvalue weighted by Gasteiger charge is 2.19. The Balaban J connectivity index is 2.07. The number of carbonyl (C=O) groups is 1. The molecule has 10 nitrogen and oxygen atoms in total. The number of ether oxygens (including phenoxy) is 1. The number of benzene rings is 2. The van der Waals surface area contributed by atoms with Crippen molar-refractivity contribution in [1.29, 1.82) is 0 Å². The first kappa shape index (κ1) is 19.5. The normalized spacial score (nSPS) is 11.7. The lowest BCUT2D eigenvalue weighted by atomic mass is 10.2. The monoisotopic (exact) mass is 372 g/mol. The largest absolute Gasteiger partial charge is 0.453 e. The zero-order valence-corrected chi connectivity index (χ0v) is 14.3. The van der Waals surface area contributed by atoms with Gasteiger partial charge in [0, 0.05) is 6.07 Å². The Hall–Kier alpha value is -3.82. The fourth-order valence-electron chi connectivity index (χ4n) is 2.07. The summed E-state index contributed by atoms with van der Waals surface area (Å²) >= 11 is 0. The van der Waals surface area contributed by atoms with Crippen molar-refractivity contribution in [2.45, 2.75) is 19.4 Å². The SMILES string of the molecule is CCC(C=NNc1ccc([N+](=O)[O-])cc1[N+](=O)[O-])OC(=O)c1ccccc1. The van der Waals surface area contributed by atoms with E-state index in [-0.39, 0.29) is 5.69 Å². The van der Waals surface area contributed by atoms with E-state index in [2.05, 4.69) is 10.5 Å². The lowest BCUT2D eigenvalue weighted by Gasteiger charge is -2.11. The van der Waals surface area contributed by atoms with Crippen molar-refractivity contribution in [1.82, 2.24) is 0 Å². The van der Waals surface area contributed by atoms with Crippen LogP contribution in [0.25, 0.3) is 0 Å². The van der Waals surface area contributed by atoms with E-state index >= 15 is 0 Å². The zero-order valence-electron chi connectivity index (χ0n) is 14.3. The first-order valence-electron chi connectivity index (χ1n) is 7.90. The molecule has 1 N–H and O–H groups in total. The number of esters is 1. The number of nitrogens with one attached hydrogen (secondary N) is 1. The maximum Gasteiger partial charge on any atom is 0.338 e. The van der Waals surface area contributed by atoms with Crippen LogP contribution in [0.3, 0.4) is 0 Å². The van der Waals surface area contributed by atoms with Gasteiger partial charge in [-0.3, -0.25) is 25.7 Å². The van der Waals surface area contributed by atoms with Crippen molar-refractivity contribution in [2.24, 2.45) is 5.10 Å². The summed E-state index contributed by atoms with van der Waals surface area (Å²) in [6.45, 7) is 1.78. The van der Waals surface area contributed by atoms with Gasteiger partial charge >= 0.3 is 11.7 Å². The van der Waals surface area contributed by atoms with Crippen LogP contribution in [0.5, 0.6) is 0 Å². The molecule has 0 saturated heterocycles. The summed E-state index contributed by atoms with van der Waals surface area (Å²) in [6, 6.07) is 11.6. The minimum atomic E-state index is -0.752. The van der Waals surface area contributed by atoms with Gasteiger partial charge in [-0.15, -0.1) is 0 Å². The van der Waals surface area contributed by atoms with Crippen LogP contribution >= 0.6 is 0 Å². The molecule has 1 unspecified atom stereocenters. The number of rotatable bonds is 8. The summed E-state index contributed by atoms with van der Waals surface area (Å²) in [5.74, 6) is -0.518. The van der Waals surface area contributed by atoms with Crippen LogP contribution in [0.4, 0.5) is 17.1 Å². The molecule has 0 aliphatic rings. The average molecular weight is 372 g/mol. The van der Waals surface area contributed by atoms with E-state index in [1.807, 2.05) is 0 Å². The summed E-state index contributed by atoms with van der Waals surface area (Å²) in [7, 11) is 0. The predicted octanol–water partition coefficient (Wildman–Crippen LogP) is 3.54. The number of carbonyl (C=O) groups excluding carboxylic acids is 1. The average Bonchev–Trinajstić information content (AvgIpc) is 2.67. The first-order chi connectivity index (χ1) is 12.9. The summed E-state index contributed by atoms with van der Waals surface area (Å²) < 4.78 is 5.30. The maximum atomic E-state index is 12.0. The van der Waals surface area contributed by atoms with Crippen LogP contribution in [-0.4, -0.2) is 28.1 Å². The second-order valence-corrected chi connectivity index (χ2v) is 5.32. The van der Waals surface area contributed by atoms with Crippen molar-refractivity contribution < 1.29 is 19.4 Å². The molecule has 0 fully saturated rings. The zero-order chi connectivity index (χ0) is 19.8. The number of nitro benzene ring substituents is 2. The fourth-order valence-corrected chi connectivity index (χ4v) is 2.07. The van der Waals surface area contributed by atoms with Gasteiger partial charge in [-0.25, -0.2) is 4.79 Å². The summed E-state index contributed by atoms with van der Waals surface area (Å²) in [6.07, 6.45) is 1.08. The molecule has 0 amide bonds. The molecule has 0 spiro atoms. The third-order valence-corrected chi connectivity index (χ3v) is 3.48. The van der Waals surface area contributed by atoms with Crippen LogP contribution in [-0.2, 0) is 4.74 Å². The number of hydrogen-bond donors (Lipinski definition) is 1. The van der Waals surface area contributed by atoms with Crippen molar-refractivity contribution in [2.75, 3.05) is 5.43 Å². The van der Waals surface area contributed by atoms with Gasteiger partial charge in [-0.1, -0.05) is 25.1 Å². The van der Waals surface area contributed by atoms with Gasteiger partial charge in [0.15, 0.2) is 0 Å². The highest BCUT2D eigenvalue weighted by atomic mass is 16.6. The van der Waals surface area contributed by atoms with Gasteiger partial charge < -0.3 is 4.74 Å². The van der Waals surface area contributed by atoms with Gasteiger partial charge in [0.2, 0.25) is 0 Å². The molecular weight excluding hydrogens is 356 g/mol. The van der Waals surface area contributed by atoms with Crippen molar-refractivity contribution in [3.8, 4) is 0 Å². The summed E-state index contributed by atoms with van der Waals surface area (Å²) in [5, 5.41) is 25.7. The maximum absolute atomic E-state index is 12.0. The fraction of sp³-hybridized carbons (Fsp3) is 0.176. The molecule has 1 atom stereocenters. The Morgan fingerprint density at radius 2 is 1.89 bits per heavy atom. The van der Waals surface area contributed by atoms with E-state index in [0.29, 0.717) is 12.0 Å². The molecule has 2 rings (SSSR count). The molecule has 0 heterocycles. The molecule has 0 aliphatic heterocycles. The van der Waals surface area contributed by atoms with Crippen molar-refractivity contribution in [3.05, 3.63) is 74.3 Å². The molecular formula is C17H16N4O6. The van der Waals surface area contributed by atoms with Crippen LogP contribution in [0.2, 0.25) is 0 Å². The number of hydrogen-bond acceptors (Lipinski definition) is 8. The molecule has 2 aromatic carbocycles. The first-order valence-corrected chi connectivity index (χ1v) is 7.90. The Kier molecular flexibility index (Phi) is 6.53. The summed E-state index contributed by atoms with van der Waals surface area (Å²) in [4.78, 5) is 32.4. The second kappa shape index (κ2) is 9.04. The third kappa shape index (κ3) is 5.33. The molecule has 140 valence electrons. The van der Waals surface area contributed by atoms with E-state index in [1.165, 1.54) is 12.3 Å². The molecule has 10 heteroatoms. The Morgan fingerprint density at radius 1 is 1.19 bits per heavy atom. The smallest absolute Gasteiger partial charge is 0.338 e. The van der Waals surface area contributed by atoms with Crippen LogP contribution in [0.15, 0.2) is 53.6 Å². The minimum Gasteiger partial charge on any atom is -0.453 e.